The third-order valence-corrected chi connectivity index (χ3v) is 7.50. The lowest BCUT2D eigenvalue weighted by atomic mass is 9.91. The first-order valence-electron chi connectivity index (χ1n) is 13.7. The van der Waals surface area contributed by atoms with Crippen LogP contribution in [-0.4, -0.2) is 32.6 Å². The number of nitrogens with zero attached hydrogens (tertiary/aromatic N) is 3. The van der Waals surface area contributed by atoms with Crippen molar-refractivity contribution in [2.24, 2.45) is 5.92 Å². The van der Waals surface area contributed by atoms with Crippen LogP contribution in [0, 0.1) is 5.92 Å². The van der Waals surface area contributed by atoms with E-state index in [9.17, 15) is 4.79 Å². The molecule has 216 valence electrons. The predicted molar refractivity (Wildman–Crippen MR) is 167 cm³/mol. The fraction of sp³-hybridized carbons (Fsp3) is 0.333. The number of carbonyl (C=O) groups is 1. The van der Waals surface area contributed by atoms with Gasteiger partial charge in [-0.3, -0.25) is 9.89 Å². The molecule has 5 rings (SSSR count). The third-order valence-electron chi connectivity index (χ3n) is 6.67. The monoisotopic (exact) mass is 613 g/mol. The van der Waals surface area contributed by atoms with Crippen molar-refractivity contribution in [2.45, 2.75) is 52.1 Å². The average Bonchev–Trinajstić information content (AvgIpc) is 3.51. The van der Waals surface area contributed by atoms with Crippen LogP contribution in [0.15, 0.2) is 60.9 Å². The molecule has 1 amide bonds. The Morgan fingerprint density at radius 1 is 0.951 bits per heavy atom. The van der Waals surface area contributed by atoms with Gasteiger partial charge in [0.2, 0.25) is 11.9 Å². The molecule has 1 aliphatic rings. The van der Waals surface area contributed by atoms with Gasteiger partial charge >= 0.3 is 0 Å². The molecule has 0 atom stereocenters. The number of anilines is 2. The number of benzene rings is 2. The van der Waals surface area contributed by atoms with E-state index in [-0.39, 0.29) is 19.0 Å². The molecule has 0 unspecified atom stereocenters. The van der Waals surface area contributed by atoms with E-state index in [0.717, 1.165) is 22.6 Å². The Morgan fingerprint density at radius 2 is 1.76 bits per heavy atom. The molecule has 1 saturated carbocycles. The van der Waals surface area contributed by atoms with Crippen molar-refractivity contribution >= 4 is 52.5 Å². The largest absolute Gasteiger partial charge is 0.361 e. The summed E-state index contributed by atoms with van der Waals surface area (Å²) in [5.74, 6) is 1.70. The molecule has 2 aromatic carbocycles. The molecule has 1 aliphatic carbocycles. The minimum absolute atomic E-state index is 0.0147. The van der Waals surface area contributed by atoms with Crippen LogP contribution in [-0.2, 0) is 17.9 Å². The zero-order valence-electron chi connectivity index (χ0n) is 22.9. The summed E-state index contributed by atoms with van der Waals surface area (Å²) in [6.07, 6.45) is 10.8. The number of halogens is 3. The number of H-pyrrole nitrogens is 1. The molecule has 1 fully saturated rings. The maximum absolute atomic E-state index is 12.4. The van der Waals surface area contributed by atoms with Gasteiger partial charge < -0.3 is 16.0 Å². The van der Waals surface area contributed by atoms with Crippen molar-refractivity contribution in [3.63, 3.8) is 0 Å². The Balaban J connectivity index is 0.000000483. The van der Waals surface area contributed by atoms with Gasteiger partial charge in [-0.05, 0) is 41.3 Å². The standard InChI is InChI=1S/C23H20Cl3N7O.C7H14/c24-17-3-1-2-14(6-17)9-29-23-32-20(16-11-30-31-12-16)8-21(33-23)27-13-22(34)28-10-15-4-5-18(25)7-19(15)26;1-7-5-3-2-4-6-7/h1-8,11-12H,9-10,13H2,(H,28,34)(H,30,31)(H2,27,29,32,33);7H,2-6H2,1H3. The maximum atomic E-state index is 12.4. The SMILES string of the molecule is CC1CCCCC1.O=C(CNc1cc(-c2cn[nH]c2)nc(NCc2cccc(Cl)c2)n1)NCc1ccc(Cl)cc1Cl. The van der Waals surface area contributed by atoms with Crippen molar-refractivity contribution in [3.8, 4) is 11.3 Å². The van der Waals surface area contributed by atoms with E-state index >= 15 is 0 Å². The smallest absolute Gasteiger partial charge is 0.239 e. The summed E-state index contributed by atoms with van der Waals surface area (Å²) >= 11 is 18.1. The molecule has 4 N–H and O–H groups in total. The number of hydrogen-bond donors (Lipinski definition) is 4. The van der Waals surface area contributed by atoms with E-state index in [1.54, 1.807) is 36.7 Å². The molecule has 2 heterocycles. The van der Waals surface area contributed by atoms with Crippen LogP contribution >= 0.6 is 34.8 Å². The van der Waals surface area contributed by atoms with Gasteiger partial charge in [-0.2, -0.15) is 10.1 Å². The first-order chi connectivity index (χ1) is 19.9. The highest BCUT2D eigenvalue weighted by Gasteiger charge is 2.10. The van der Waals surface area contributed by atoms with Gasteiger partial charge in [0.1, 0.15) is 5.82 Å². The minimum atomic E-state index is -0.220. The van der Waals surface area contributed by atoms with Crippen molar-refractivity contribution in [2.75, 3.05) is 17.2 Å². The van der Waals surface area contributed by atoms with E-state index in [2.05, 4.69) is 43.0 Å². The van der Waals surface area contributed by atoms with Crippen LogP contribution in [0.4, 0.5) is 11.8 Å². The summed E-state index contributed by atoms with van der Waals surface area (Å²) in [4.78, 5) is 21.4. The molecular formula is C30H34Cl3N7O. The molecule has 41 heavy (non-hydrogen) atoms. The van der Waals surface area contributed by atoms with E-state index in [1.165, 1.54) is 32.1 Å². The third kappa shape index (κ3) is 10.2. The lowest BCUT2D eigenvalue weighted by Gasteiger charge is -2.15. The maximum Gasteiger partial charge on any atom is 0.239 e. The molecule has 2 aromatic heterocycles. The predicted octanol–water partition coefficient (Wildman–Crippen LogP) is 7.75. The van der Waals surface area contributed by atoms with Crippen LogP contribution < -0.4 is 16.0 Å². The highest BCUT2D eigenvalue weighted by molar-refractivity contribution is 6.35. The Hall–Kier alpha value is -3.33. The molecule has 8 nitrogen and oxygen atoms in total. The van der Waals surface area contributed by atoms with Crippen molar-refractivity contribution < 1.29 is 4.79 Å². The average molecular weight is 615 g/mol. The van der Waals surface area contributed by atoms with Crippen LogP contribution in [0.3, 0.4) is 0 Å². The van der Waals surface area contributed by atoms with Crippen LogP contribution in [0.1, 0.15) is 50.2 Å². The first-order valence-corrected chi connectivity index (χ1v) is 14.8. The lowest BCUT2D eigenvalue weighted by Crippen LogP contribution is -2.29. The minimum Gasteiger partial charge on any atom is -0.361 e. The highest BCUT2D eigenvalue weighted by Crippen LogP contribution is 2.23. The number of amides is 1. The number of aromatic nitrogens is 4. The van der Waals surface area contributed by atoms with Crippen LogP contribution in [0.5, 0.6) is 0 Å². The van der Waals surface area contributed by atoms with Crippen molar-refractivity contribution in [3.05, 3.63) is 87.1 Å². The van der Waals surface area contributed by atoms with Crippen LogP contribution in [0.25, 0.3) is 11.3 Å². The number of nitrogens with one attached hydrogen (secondary N) is 4. The summed E-state index contributed by atoms with van der Waals surface area (Å²) in [5, 5.41) is 17.5. The van der Waals surface area contributed by atoms with Gasteiger partial charge in [-0.25, -0.2) is 4.98 Å². The fourth-order valence-electron chi connectivity index (χ4n) is 4.38. The molecule has 0 radical (unpaired) electrons. The molecule has 4 aromatic rings. The van der Waals surface area contributed by atoms with Gasteiger partial charge in [0.25, 0.3) is 0 Å². The Labute approximate surface area is 255 Å². The number of hydrogen-bond acceptors (Lipinski definition) is 6. The number of carbonyl (C=O) groups excluding carboxylic acids is 1. The molecular weight excluding hydrogens is 581 g/mol. The van der Waals surface area contributed by atoms with E-state index in [1.807, 2.05) is 24.3 Å². The normalized spacial score (nSPS) is 13.2. The van der Waals surface area contributed by atoms with Crippen LogP contribution in [0.2, 0.25) is 15.1 Å². The first kappa shape index (κ1) is 30.6. The number of rotatable bonds is 9. The second-order valence-electron chi connectivity index (χ2n) is 10.0. The van der Waals surface area contributed by atoms with Crippen molar-refractivity contribution in [1.29, 1.82) is 0 Å². The van der Waals surface area contributed by atoms with E-state index < -0.39 is 0 Å². The second kappa shape index (κ2) is 15.6. The van der Waals surface area contributed by atoms with Crippen molar-refractivity contribution in [1.82, 2.24) is 25.5 Å². The highest BCUT2D eigenvalue weighted by atomic mass is 35.5. The lowest BCUT2D eigenvalue weighted by molar-refractivity contribution is -0.119. The Morgan fingerprint density at radius 3 is 2.44 bits per heavy atom. The zero-order valence-corrected chi connectivity index (χ0v) is 25.2. The fourth-order valence-corrected chi connectivity index (χ4v) is 5.07. The van der Waals surface area contributed by atoms with Gasteiger partial charge in [-0.15, -0.1) is 0 Å². The van der Waals surface area contributed by atoms with Gasteiger partial charge in [0.05, 0.1) is 18.4 Å². The van der Waals surface area contributed by atoms with Gasteiger partial charge in [0, 0.05) is 46.0 Å². The zero-order chi connectivity index (χ0) is 29.0. The topological polar surface area (TPSA) is 108 Å². The van der Waals surface area contributed by atoms with E-state index in [4.69, 9.17) is 34.8 Å². The second-order valence-corrected chi connectivity index (χ2v) is 11.3. The summed E-state index contributed by atoms with van der Waals surface area (Å²) < 4.78 is 0. The number of aromatic amines is 1. The molecule has 11 heteroatoms. The summed E-state index contributed by atoms with van der Waals surface area (Å²) in [7, 11) is 0. The van der Waals surface area contributed by atoms with E-state index in [0.29, 0.717) is 39.1 Å². The molecule has 0 aliphatic heterocycles. The molecule has 0 spiro atoms. The Kier molecular flexibility index (Phi) is 11.7. The molecule has 0 bridgehead atoms. The summed E-state index contributed by atoms with van der Waals surface area (Å²) in [6.45, 7) is 3.14. The Bertz CT molecular complexity index is 1410. The quantitative estimate of drug-likeness (QED) is 0.154. The van der Waals surface area contributed by atoms with Gasteiger partial charge in [0.15, 0.2) is 0 Å². The summed E-state index contributed by atoms with van der Waals surface area (Å²) in [5.41, 5.74) is 3.20. The summed E-state index contributed by atoms with van der Waals surface area (Å²) in [6, 6.07) is 14.4. The van der Waals surface area contributed by atoms with Gasteiger partial charge in [-0.1, -0.05) is 92.0 Å². The molecule has 0 saturated heterocycles.